The van der Waals surface area contributed by atoms with Crippen LogP contribution < -0.4 is 5.32 Å². The molecule has 3 rings (SSSR count). The van der Waals surface area contributed by atoms with Gasteiger partial charge in [-0.2, -0.15) is 5.26 Å². The minimum absolute atomic E-state index is 0.168. The number of aromatic nitrogens is 1. The van der Waals surface area contributed by atoms with E-state index in [1.165, 1.54) is 0 Å². The summed E-state index contributed by atoms with van der Waals surface area (Å²) in [4.78, 5) is 16.6. The molecule has 1 amide bonds. The van der Waals surface area contributed by atoms with Gasteiger partial charge in [-0.05, 0) is 30.3 Å². The van der Waals surface area contributed by atoms with Crippen molar-refractivity contribution in [1.82, 2.24) is 10.3 Å². The Labute approximate surface area is 132 Å². The third-order valence-corrected chi connectivity index (χ3v) is 4.31. The molecule has 4 nitrogen and oxygen atoms in total. The molecule has 1 N–H and O–H groups in total. The first-order valence-electron chi connectivity index (χ1n) is 6.89. The van der Waals surface area contributed by atoms with Gasteiger partial charge in [0.15, 0.2) is 0 Å². The van der Waals surface area contributed by atoms with Gasteiger partial charge in [0.2, 0.25) is 0 Å². The van der Waals surface area contributed by atoms with Gasteiger partial charge in [-0.3, -0.25) is 4.79 Å². The quantitative estimate of drug-likeness (QED) is 0.805. The zero-order valence-electron chi connectivity index (χ0n) is 11.7. The first-order chi connectivity index (χ1) is 10.8. The molecule has 1 aromatic heterocycles. The number of benzene rings is 2. The number of para-hydroxylation sites is 1. The van der Waals surface area contributed by atoms with Gasteiger partial charge in [0, 0.05) is 18.5 Å². The number of nitrogens with zero attached hydrogens (tertiary/aromatic N) is 2. The first-order valence-corrected chi connectivity index (χ1v) is 7.71. The zero-order valence-corrected chi connectivity index (χ0v) is 12.6. The van der Waals surface area contributed by atoms with Crippen molar-refractivity contribution in [2.24, 2.45) is 0 Å². The van der Waals surface area contributed by atoms with Gasteiger partial charge < -0.3 is 5.32 Å². The summed E-state index contributed by atoms with van der Waals surface area (Å²) in [6.45, 7) is 0.523. The van der Waals surface area contributed by atoms with E-state index in [9.17, 15) is 4.79 Å². The van der Waals surface area contributed by atoms with Crippen molar-refractivity contribution in [1.29, 1.82) is 5.26 Å². The van der Waals surface area contributed by atoms with E-state index in [0.717, 1.165) is 15.2 Å². The Balaban J connectivity index is 1.60. The molecule has 0 spiro atoms. The number of nitriles is 1. The van der Waals surface area contributed by atoms with Crippen LogP contribution in [-0.4, -0.2) is 17.4 Å². The molecule has 22 heavy (non-hydrogen) atoms. The maximum Gasteiger partial charge on any atom is 0.251 e. The lowest BCUT2D eigenvalue weighted by Crippen LogP contribution is -2.25. The molecule has 0 bridgehead atoms. The van der Waals surface area contributed by atoms with Crippen molar-refractivity contribution >= 4 is 27.5 Å². The number of hydrogen-bond acceptors (Lipinski definition) is 4. The lowest BCUT2D eigenvalue weighted by atomic mass is 10.1. The second kappa shape index (κ2) is 6.37. The second-order valence-corrected chi connectivity index (χ2v) is 5.89. The highest BCUT2D eigenvalue weighted by molar-refractivity contribution is 7.18. The Morgan fingerprint density at radius 2 is 2.09 bits per heavy atom. The molecule has 0 saturated heterocycles. The molecule has 0 atom stereocenters. The lowest BCUT2D eigenvalue weighted by Gasteiger charge is -2.04. The number of fused-ring (bicyclic) bond motifs is 1. The molecule has 0 fully saturated rings. The van der Waals surface area contributed by atoms with Gasteiger partial charge in [-0.25, -0.2) is 4.98 Å². The fourth-order valence-corrected chi connectivity index (χ4v) is 3.11. The SMILES string of the molecule is N#Cc1cccc(C(=O)NCCc2nc3ccccc3s2)c1. The molecular weight excluding hydrogens is 294 g/mol. The molecule has 0 aliphatic rings. The van der Waals surface area contributed by atoms with E-state index in [1.807, 2.05) is 30.3 Å². The Morgan fingerprint density at radius 3 is 2.91 bits per heavy atom. The monoisotopic (exact) mass is 307 g/mol. The minimum Gasteiger partial charge on any atom is -0.352 e. The summed E-state index contributed by atoms with van der Waals surface area (Å²) >= 11 is 1.65. The normalized spacial score (nSPS) is 10.3. The Kier molecular flexibility index (Phi) is 4.12. The minimum atomic E-state index is -0.168. The molecule has 2 aromatic carbocycles. The van der Waals surface area contributed by atoms with Gasteiger partial charge in [-0.15, -0.1) is 11.3 Å². The molecule has 0 aliphatic carbocycles. The van der Waals surface area contributed by atoms with E-state index in [0.29, 0.717) is 24.1 Å². The summed E-state index contributed by atoms with van der Waals surface area (Å²) in [6, 6.07) is 16.7. The van der Waals surface area contributed by atoms with Crippen LogP contribution in [-0.2, 0) is 6.42 Å². The van der Waals surface area contributed by atoms with Gasteiger partial charge in [0.05, 0.1) is 26.9 Å². The molecule has 0 saturated carbocycles. The molecule has 3 aromatic rings. The van der Waals surface area contributed by atoms with E-state index in [4.69, 9.17) is 5.26 Å². The fourth-order valence-electron chi connectivity index (χ4n) is 2.14. The summed E-state index contributed by atoms with van der Waals surface area (Å²) in [5.41, 5.74) is 1.98. The fraction of sp³-hybridized carbons (Fsp3) is 0.118. The molecule has 1 heterocycles. The Bertz CT molecular complexity index is 830. The predicted molar refractivity (Wildman–Crippen MR) is 86.8 cm³/mol. The van der Waals surface area contributed by atoms with E-state index in [2.05, 4.69) is 10.3 Å². The summed E-state index contributed by atoms with van der Waals surface area (Å²) in [7, 11) is 0. The van der Waals surface area contributed by atoms with Crippen molar-refractivity contribution in [3.63, 3.8) is 0 Å². The van der Waals surface area contributed by atoms with Gasteiger partial charge in [0.25, 0.3) is 5.91 Å². The average Bonchev–Trinajstić information content (AvgIpc) is 2.97. The van der Waals surface area contributed by atoms with Crippen LogP contribution in [0.15, 0.2) is 48.5 Å². The van der Waals surface area contributed by atoms with Crippen molar-refractivity contribution in [2.45, 2.75) is 6.42 Å². The van der Waals surface area contributed by atoms with Crippen LogP contribution in [0.5, 0.6) is 0 Å². The summed E-state index contributed by atoms with van der Waals surface area (Å²) in [5, 5.41) is 12.7. The second-order valence-electron chi connectivity index (χ2n) is 4.77. The highest BCUT2D eigenvalue weighted by Crippen LogP contribution is 2.21. The van der Waals surface area contributed by atoms with Gasteiger partial charge >= 0.3 is 0 Å². The third kappa shape index (κ3) is 3.13. The standard InChI is InChI=1S/C17H13N3OS/c18-11-12-4-3-5-13(10-12)17(21)19-9-8-16-20-14-6-1-2-7-15(14)22-16/h1-7,10H,8-9H2,(H,19,21). The number of carbonyl (C=O) groups excluding carboxylic acids is 1. The Morgan fingerprint density at radius 1 is 1.23 bits per heavy atom. The number of nitrogens with one attached hydrogen (secondary N) is 1. The average molecular weight is 307 g/mol. The van der Waals surface area contributed by atoms with Crippen molar-refractivity contribution in [3.05, 3.63) is 64.7 Å². The zero-order chi connectivity index (χ0) is 15.4. The summed E-state index contributed by atoms with van der Waals surface area (Å²) < 4.78 is 1.16. The highest BCUT2D eigenvalue weighted by Gasteiger charge is 2.07. The number of hydrogen-bond donors (Lipinski definition) is 1. The number of carbonyl (C=O) groups is 1. The Hall–Kier alpha value is -2.71. The van der Waals surface area contributed by atoms with Gasteiger partial charge in [-0.1, -0.05) is 18.2 Å². The van der Waals surface area contributed by atoms with Crippen LogP contribution >= 0.6 is 11.3 Å². The van der Waals surface area contributed by atoms with Crippen LogP contribution in [0.25, 0.3) is 10.2 Å². The third-order valence-electron chi connectivity index (χ3n) is 3.22. The van der Waals surface area contributed by atoms with Crippen LogP contribution in [0.3, 0.4) is 0 Å². The maximum atomic E-state index is 12.0. The van der Waals surface area contributed by atoms with Gasteiger partial charge in [0.1, 0.15) is 0 Å². The van der Waals surface area contributed by atoms with E-state index in [1.54, 1.807) is 35.6 Å². The highest BCUT2D eigenvalue weighted by atomic mass is 32.1. The van der Waals surface area contributed by atoms with Crippen LogP contribution in [0.2, 0.25) is 0 Å². The van der Waals surface area contributed by atoms with Crippen molar-refractivity contribution in [2.75, 3.05) is 6.54 Å². The first kappa shape index (κ1) is 14.2. The number of rotatable bonds is 4. The summed E-state index contributed by atoms with van der Waals surface area (Å²) in [6.07, 6.45) is 0.697. The molecule has 108 valence electrons. The molecular formula is C17H13N3OS. The molecule has 5 heteroatoms. The van der Waals surface area contributed by atoms with Crippen LogP contribution in [0, 0.1) is 11.3 Å². The molecule has 0 aliphatic heterocycles. The summed E-state index contributed by atoms with van der Waals surface area (Å²) in [5.74, 6) is -0.168. The maximum absolute atomic E-state index is 12.0. The van der Waals surface area contributed by atoms with Crippen molar-refractivity contribution in [3.8, 4) is 6.07 Å². The van der Waals surface area contributed by atoms with E-state index >= 15 is 0 Å². The van der Waals surface area contributed by atoms with E-state index < -0.39 is 0 Å². The number of thiazole rings is 1. The topological polar surface area (TPSA) is 65.8 Å². The van der Waals surface area contributed by atoms with Crippen molar-refractivity contribution < 1.29 is 4.79 Å². The lowest BCUT2D eigenvalue weighted by molar-refractivity contribution is 0.0954. The van der Waals surface area contributed by atoms with Crippen LogP contribution in [0.1, 0.15) is 20.9 Å². The van der Waals surface area contributed by atoms with E-state index in [-0.39, 0.29) is 5.91 Å². The smallest absolute Gasteiger partial charge is 0.251 e. The van der Waals surface area contributed by atoms with Crippen LogP contribution in [0.4, 0.5) is 0 Å². The largest absolute Gasteiger partial charge is 0.352 e. The molecule has 0 radical (unpaired) electrons. The molecule has 0 unspecified atom stereocenters. The predicted octanol–water partition coefficient (Wildman–Crippen LogP) is 3.14. The number of amides is 1.